The van der Waals surface area contributed by atoms with Crippen LogP contribution in [0.4, 0.5) is 0 Å². The van der Waals surface area contributed by atoms with Crippen molar-refractivity contribution in [3.8, 4) is 0 Å². The van der Waals surface area contributed by atoms with Gasteiger partial charge in [0.05, 0.1) is 0 Å². The van der Waals surface area contributed by atoms with E-state index in [1.54, 1.807) is 0 Å². The summed E-state index contributed by atoms with van der Waals surface area (Å²) in [7, 11) is 0. The first-order valence-corrected chi connectivity index (χ1v) is 7.95. The first-order valence-electron chi connectivity index (χ1n) is 7.95. The highest BCUT2D eigenvalue weighted by molar-refractivity contribution is 5.78. The summed E-state index contributed by atoms with van der Waals surface area (Å²) in [6.45, 7) is 2.21. The first kappa shape index (κ1) is 14.6. The van der Waals surface area contributed by atoms with Gasteiger partial charge in [-0.1, -0.05) is 55.8 Å². The van der Waals surface area contributed by atoms with E-state index < -0.39 is 0 Å². The van der Waals surface area contributed by atoms with Gasteiger partial charge in [0.15, 0.2) is 0 Å². The van der Waals surface area contributed by atoms with Gasteiger partial charge in [0, 0.05) is 17.5 Å². The molecule has 0 spiro atoms. The smallest absolute Gasteiger partial charge is 0.251 e. The third-order valence-electron chi connectivity index (χ3n) is 4.07. The first-order chi connectivity index (χ1) is 10.8. The van der Waals surface area contributed by atoms with Crippen LogP contribution in [0.2, 0.25) is 0 Å². The number of aryl methyl sites for hydroxylation is 1. The Morgan fingerprint density at radius 3 is 2.45 bits per heavy atom. The van der Waals surface area contributed by atoms with Crippen LogP contribution < -0.4 is 5.56 Å². The lowest BCUT2D eigenvalue weighted by Gasteiger charge is -2.05. The number of aromatic nitrogens is 1. The van der Waals surface area contributed by atoms with E-state index in [0.717, 1.165) is 22.9 Å². The second-order valence-corrected chi connectivity index (χ2v) is 5.81. The van der Waals surface area contributed by atoms with Gasteiger partial charge >= 0.3 is 0 Å². The lowest BCUT2D eigenvalue weighted by Crippen LogP contribution is -2.12. The number of hydrogen-bond acceptors (Lipinski definition) is 1. The number of pyridine rings is 1. The summed E-state index contributed by atoms with van der Waals surface area (Å²) in [6.07, 6.45) is 4.25. The normalized spacial score (nSPS) is 11.0. The van der Waals surface area contributed by atoms with E-state index in [1.807, 2.05) is 30.3 Å². The molecular formula is C20H21NO. The van der Waals surface area contributed by atoms with Gasteiger partial charge in [-0.3, -0.25) is 4.79 Å². The van der Waals surface area contributed by atoms with Crippen LogP contribution in [-0.2, 0) is 12.8 Å². The summed E-state index contributed by atoms with van der Waals surface area (Å²) in [5.74, 6) is 0. The van der Waals surface area contributed by atoms with Crippen LogP contribution in [-0.4, -0.2) is 4.98 Å². The minimum Gasteiger partial charge on any atom is -0.322 e. The number of benzene rings is 2. The summed E-state index contributed by atoms with van der Waals surface area (Å²) in [4.78, 5) is 15.2. The van der Waals surface area contributed by atoms with E-state index in [1.165, 1.54) is 24.0 Å². The van der Waals surface area contributed by atoms with E-state index in [0.29, 0.717) is 6.42 Å². The van der Waals surface area contributed by atoms with Crippen molar-refractivity contribution in [2.24, 2.45) is 0 Å². The van der Waals surface area contributed by atoms with E-state index in [-0.39, 0.29) is 5.56 Å². The molecule has 2 nitrogen and oxygen atoms in total. The molecule has 0 aliphatic rings. The van der Waals surface area contributed by atoms with Gasteiger partial charge in [0.1, 0.15) is 0 Å². The average Bonchev–Trinajstić information content (AvgIpc) is 2.55. The van der Waals surface area contributed by atoms with Gasteiger partial charge in [-0.15, -0.1) is 0 Å². The minimum atomic E-state index is 0.00811. The molecule has 0 amide bonds. The molecule has 22 heavy (non-hydrogen) atoms. The van der Waals surface area contributed by atoms with Crippen LogP contribution in [0.25, 0.3) is 10.9 Å². The van der Waals surface area contributed by atoms with Crippen LogP contribution in [0.5, 0.6) is 0 Å². The standard InChI is InChI=1S/C20H21NO/c1-2-3-6-15-9-11-16(12-10-15)13-18-14-17-7-4-5-8-19(17)21-20(18)22/h4-5,7-12,14H,2-3,6,13H2,1H3,(H,21,22). The van der Waals surface area contributed by atoms with Crippen molar-refractivity contribution in [3.05, 3.63) is 81.6 Å². The lowest BCUT2D eigenvalue weighted by atomic mass is 10.0. The second-order valence-electron chi connectivity index (χ2n) is 5.81. The van der Waals surface area contributed by atoms with E-state index >= 15 is 0 Å². The van der Waals surface area contributed by atoms with Gasteiger partial charge in [-0.25, -0.2) is 0 Å². The molecule has 0 fully saturated rings. The number of fused-ring (bicyclic) bond motifs is 1. The average molecular weight is 291 g/mol. The Kier molecular flexibility index (Phi) is 4.38. The second kappa shape index (κ2) is 6.61. The molecule has 3 rings (SSSR count). The number of para-hydroxylation sites is 1. The Balaban J connectivity index is 1.83. The van der Waals surface area contributed by atoms with Gasteiger partial charge < -0.3 is 4.98 Å². The van der Waals surface area contributed by atoms with Crippen LogP contribution in [0.1, 0.15) is 36.5 Å². The van der Waals surface area contributed by atoms with Gasteiger partial charge in [-0.05, 0) is 41.5 Å². The third kappa shape index (κ3) is 3.28. The molecule has 2 heteroatoms. The van der Waals surface area contributed by atoms with Crippen LogP contribution in [0, 0.1) is 0 Å². The molecule has 0 aliphatic carbocycles. The molecule has 1 heterocycles. The highest BCUT2D eigenvalue weighted by atomic mass is 16.1. The van der Waals surface area contributed by atoms with Crippen LogP contribution >= 0.6 is 0 Å². The largest absolute Gasteiger partial charge is 0.322 e. The molecule has 1 N–H and O–H groups in total. The zero-order valence-electron chi connectivity index (χ0n) is 12.9. The highest BCUT2D eigenvalue weighted by Crippen LogP contribution is 2.14. The lowest BCUT2D eigenvalue weighted by molar-refractivity contribution is 0.795. The SMILES string of the molecule is CCCCc1ccc(Cc2cc3ccccc3[nH]c2=O)cc1. The monoisotopic (exact) mass is 291 g/mol. The molecule has 3 aromatic rings. The molecule has 0 saturated heterocycles. The molecule has 0 unspecified atom stereocenters. The fourth-order valence-corrected chi connectivity index (χ4v) is 2.75. The Hall–Kier alpha value is -2.35. The Morgan fingerprint density at radius 1 is 0.955 bits per heavy atom. The zero-order valence-corrected chi connectivity index (χ0v) is 12.9. The molecule has 0 saturated carbocycles. The van der Waals surface area contributed by atoms with Crippen molar-refractivity contribution in [1.29, 1.82) is 0 Å². The van der Waals surface area contributed by atoms with Crippen molar-refractivity contribution in [2.45, 2.75) is 32.6 Å². The molecule has 0 aliphatic heterocycles. The maximum Gasteiger partial charge on any atom is 0.251 e. The summed E-state index contributed by atoms with van der Waals surface area (Å²) >= 11 is 0. The fraction of sp³-hybridized carbons (Fsp3) is 0.250. The van der Waals surface area contributed by atoms with Crippen molar-refractivity contribution in [2.75, 3.05) is 0 Å². The number of nitrogens with one attached hydrogen (secondary N) is 1. The highest BCUT2D eigenvalue weighted by Gasteiger charge is 2.04. The van der Waals surface area contributed by atoms with E-state index in [9.17, 15) is 4.79 Å². The molecule has 0 radical (unpaired) electrons. The Morgan fingerprint density at radius 2 is 1.68 bits per heavy atom. The molecule has 0 bridgehead atoms. The number of unbranched alkanes of at least 4 members (excludes halogenated alkanes) is 1. The molecule has 0 atom stereocenters. The van der Waals surface area contributed by atoms with Gasteiger partial charge in [0.2, 0.25) is 0 Å². The minimum absolute atomic E-state index is 0.00811. The Bertz CT molecular complexity index is 815. The summed E-state index contributed by atoms with van der Waals surface area (Å²) in [6, 6.07) is 18.5. The molecule has 1 aromatic heterocycles. The predicted octanol–water partition coefficient (Wildman–Crippen LogP) is 4.46. The van der Waals surface area contributed by atoms with Crippen molar-refractivity contribution >= 4 is 10.9 Å². The Labute approximate surface area is 130 Å². The number of H-pyrrole nitrogens is 1. The molecular weight excluding hydrogens is 270 g/mol. The summed E-state index contributed by atoms with van der Waals surface area (Å²) in [5.41, 5.74) is 4.28. The quantitative estimate of drug-likeness (QED) is 0.739. The summed E-state index contributed by atoms with van der Waals surface area (Å²) < 4.78 is 0. The summed E-state index contributed by atoms with van der Waals surface area (Å²) in [5, 5.41) is 1.08. The molecule has 2 aromatic carbocycles. The van der Waals surface area contributed by atoms with Gasteiger partial charge in [-0.2, -0.15) is 0 Å². The van der Waals surface area contributed by atoms with Crippen LogP contribution in [0.3, 0.4) is 0 Å². The van der Waals surface area contributed by atoms with Crippen molar-refractivity contribution in [1.82, 2.24) is 4.98 Å². The topological polar surface area (TPSA) is 32.9 Å². The van der Waals surface area contributed by atoms with Gasteiger partial charge in [0.25, 0.3) is 5.56 Å². The molecule has 112 valence electrons. The predicted molar refractivity (Wildman–Crippen MR) is 92.4 cm³/mol. The number of rotatable bonds is 5. The fourth-order valence-electron chi connectivity index (χ4n) is 2.75. The third-order valence-corrected chi connectivity index (χ3v) is 4.07. The van der Waals surface area contributed by atoms with E-state index in [2.05, 4.69) is 36.2 Å². The van der Waals surface area contributed by atoms with Crippen molar-refractivity contribution < 1.29 is 0 Å². The zero-order chi connectivity index (χ0) is 15.4. The number of hydrogen-bond donors (Lipinski definition) is 1. The number of aromatic amines is 1. The van der Waals surface area contributed by atoms with E-state index in [4.69, 9.17) is 0 Å². The van der Waals surface area contributed by atoms with Crippen molar-refractivity contribution in [3.63, 3.8) is 0 Å². The maximum atomic E-state index is 12.2. The maximum absolute atomic E-state index is 12.2. The van der Waals surface area contributed by atoms with Crippen LogP contribution in [0.15, 0.2) is 59.4 Å².